The number of hydrogen-bond acceptors (Lipinski definition) is 2. The van der Waals surface area contributed by atoms with Gasteiger partial charge < -0.3 is 5.11 Å². The van der Waals surface area contributed by atoms with E-state index in [9.17, 15) is 9.50 Å². The third-order valence-electron chi connectivity index (χ3n) is 2.98. The van der Waals surface area contributed by atoms with Gasteiger partial charge in [-0.2, -0.15) is 0 Å². The molecule has 0 spiro atoms. The van der Waals surface area contributed by atoms with Crippen LogP contribution >= 0.6 is 0 Å². The molecule has 2 aromatic carbocycles. The highest BCUT2D eigenvalue weighted by Crippen LogP contribution is 2.14. The van der Waals surface area contributed by atoms with Crippen LogP contribution in [0.1, 0.15) is 5.56 Å². The first-order valence-corrected chi connectivity index (χ1v) is 6.22. The first-order valence-electron chi connectivity index (χ1n) is 6.22. The number of aromatic hydroxyl groups is 1. The molecule has 0 amide bonds. The van der Waals surface area contributed by atoms with Crippen LogP contribution in [0, 0.1) is 5.82 Å². The number of benzene rings is 2. The third-order valence-corrected chi connectivity index (χ3v) is 2.98. The van der Waals surface area contributed by atoms with Crippen LogP contribution in [0.15, 0.2) is 41.4 Å². The molecule has 0 fully saturated rings. The molecular weight excluding hydrogens is 239 g/mol. The average molecular weight is 253 g/mol. The molecule has 0 aliphatic heterocycles. The predicted molar refractivity (Wildman–Crippen MR) is 82.6 cm³/mol. The van der Waals surface area contributed by atoms with Crippen LogP contribution in [0.5, 0.6) is 5.75 Å². The highest BCUT2D eigenvalue weighted by atomic mass is 19.1. The van der Waals surface area contributed by atoms with Gasteiger partial charge in [-0.3, -0.25) is 4.99 Å². The highest BCUT2D eigenvalue weighted by molar-refractivity contribution is 6.53. The van der Waals surface area contributed by atoms with E-state index >= 15 is 0 Å². The number of aliphatic imine (C=N–C) groups is 1. The van der Waals surface area contributed by atoms with Crippen molar-refractivity contribution in [2.24, 2.45) is 4.99 Å². The minimum Gasteiger partial charge on any atom is -0.508 e. The van der Waals surface area contributed by atoms with Crippen LogP contribution in [-0.4, -0.2) is 26.4 Å². The van der Waals surface area contributed by atoms with Crippen molar-refractivity contribution in [1.82, 2.24) is 0 Å². The molecule has 94 valence electrons. The lowest BCUT2D eigenvalue weighted by Gasteiger charge is -2.06. The zero-order valence-electron chi connectivity index (χ0n) is 11.0. The molecule has 2 nitrogen and oxygen atoms in total. The minimum absolute atomic E-state index is 0.239. The molecule has 0 aliphatic rings. The second-order valence-corrected chi connectivity index (χ2v) is 4.44. The molecule has 1 N–H and O–H groups in total. The van der Waals surface area contributed by atoms with Gasteiger partial charge in [0.15, 0.2) is 7.28 Å². The Morgan fingerprint density at radius 2 is 1.95 bits per heavy atom. The number of nitrogens with zero attached hydrogens (tertiary/aromatic N) is 1. The van der Waals surface area contributed by atoms with Gasteiger partial charge in [0.1, 0.15) is 19.4 Å². The summed E-state index contributed by atoms with van der Waals surface area (Å²) in [5, 5.41) is 9.99. The fourth-order valence-electron chi connectivity index (χ4n) is 1.86. The summed E-state index contributed by atoms with van der Waals surface area (Å²) in [5.74, 6) is -0.0475. The average Bonchev–Trinajstić information content (AvgIpc) is 2.42. The van der Waals surface area contributed by atoms with Gasteiger partial charge in [-0.1, -0.05) is 24.4 Å². The maximum Gasteiger partial charge on any atom is 0.154 e. The summed E-state index contributed by atoms with van der Waals surface area (Å²) in [7, 11) is 2.77. The fourth-order valence-corrected chi connectivity index (χ4v) is 1.86. The maximum absolute atomic E-state index is 12.8. The summed E-state index contributed by atoms with van der Waals surface area (Å²) in [6.07, 6.45) is 1.61. The number of phenolic OH excluding ortho intramolecular Hbond substituents is 1. The van der Waals surface area contributed by atoms with Crippen molar-refractivity contribution in [3.63, 3.8) is 0 Å². The predicted octanol–water partition coefficient (Wildman–Crippen LogP) is 0.650. The first kappa shape index (κ1) is 13.4. The van der Waals surface area contributed by atoms with Gasteiger partial charge in [0.25, 0.3) is 0 Å². The lowest BCUT2D eigenvalue weighted by atomic mass is 9.71. The quantitative estimate of drug-likeness (QED) is 0.632. The molecule has 0 bridgehead atoms. The van der Waals surface area contributed by atoms with Crippen LogP contribution in [0.25, 0.3) is 0 Å². The Kier molecular flexibility index (Phi) is 4.05. The molecule has 0 unspecified atom stereocenters. The molecule has 0 heterocycles. The normalized spacial score (nSPS) is 10.8. The molecule has 0 saturated heterocycles. The molecule has 0 aliphatic carbocycles. The van der Waals surface area contributed by atoms with E-state index in [2.05, 4.69) is 11.8 Å². The van der Waals surface area contributed by atoms with Gasteiger partial charge in [0, 0.05) is 11.8 Å². The lowest BCUT2D eigenvalue weighted by molar-refractivity contribution is 0.479. The van der Waals surface area contributed by atoms with E-state index < -0.39 is 0 Å². The van der Waals surface area contributed by atoms with E-state index in [1.807, 2.05) is 20.0 Å². The van der Waals surface area contributed by atoms with Gasteiger partial charge in [-0.05, 0) is 29.7 Å². The number of phenols is 1. The second kappa shape index (κ2) is 5.74. The summed E-state index contributed by atoms with van der Waals surface area (Å²) in [6, 6.07) is 9.79. The summed E-state index contributed by atoms with van der Waals surface area (Å²) in [5.41, 5.74) is 3.32. The van der Waals surface area contributed by atoms with Crippen LogP contribution < -0.4 is 10.9 Å². The summed E-state index contributed by atoms with van der Waals surface area (Å²) in [6.45, 7) is 2.06. The van der Waals surface area contributed by atoms with Crippen LogP contribution in [0.4, 0.5) is 10.1 Å². The smallest absolute Gasteiger partial charge is 0.154 e. The van der Waals surface area contributed by atoms with Gasteiger partial charge in [-0.25, -0.2) is 4.39 Å². The van der Waals surface area contributed by atoms with Crippen molar-refractivity contribution in [2.45, 2.75) is 6.82 Å². The van der Waals surface area contributed by atoms with Gasteiger partial charge in [0.2, 0.25) is 0 Å². The van der Waals surface area contributed by atoms with Crippen LogP contribution in [-0.2, 0) is 0 Å². The molecular formula is C14H14B2FNO. The number of rotatable bonds is 3. The van der Waals surface area contributed by atoms with Gasteiger partial charge >= 0.3 is 0 Å². The molecule has 0 aromatic heterocycles. The Bertz CT molecular complexity index is 612. The van der Waals surface area contributed by atoms with Crippen molar-refractivity contribution < 1.29 is 9.50 Å². The molecule has 0 atom stereocenters. The lowest BCUT2D eigenvalue weighted by Crippen LogP contribution is -2.19. The van der Waals surface area contributed by atoms with Crippen molar-refractivity contribution in [2.75, 3.05) is 0 Å². The van der Waals surface area contributed by atoms with E-state index in [-0.39, 0.29) is 11.6 Å². The zero-order chi connectivity index (χ0) is 13.8. The highest BCUT2D eigenvalue weighted by Gasteiger charge is 2.04. The van der Waals surface area contributed by atoms with Gasteiger partial charge in [0.05, 0.1) is 5.69 Å². The Morgan fingerprint density at radius 1 is 1.26 bits per heavy atom. The molecule has 0 saturated carbocycles. The fraction of sp³-hybridized carbons (Fsp3) is 0.0714. The summed E-state index contributed by atoms with van der Waals surface area (Å²) in [4.78, 5) is 4.24. The van der Waals surface area contributed by atoms with E-state index in [1.165, 1.54) is 12.1 Å². The molecule has 19 heavy (non-hydrogen) atoms. The van der Waals surface area contributed by atoms with Crippen molar-refractivity contribution in [3.05, 3.63) is 47.8 Å². The Balaban J connectivity index is 2.32. The molecule has 5 heteroatoms. The topological polar surface area (TPSA) is 32.6 Å². The Morgan fingerprint density at radius 3 is 2.58 bits per heavy atom. The summed E-state index contributed by atoms with van der Waals surface area (Å²) >= 11 is 0. The zero-order valence-corrected chi connectivity index (χ0v) is 11.0. The largest absolute Gasteiger partial charge is 0.508 e. The van der Waals surface area contributed by atoms with Crippen molar-refractivity contribution in [1.29, 1.82) is 0 Å². The number of hydrogen-bond donors (Lipinski definition) is 1. The Hall–Kier alpha value is -2.03. The molecule has 2 rings (SSSR count). The van der Waals surface area contributed by atoms with E-state index in [0.29, 0.717) is 11.3 Å². The molecule has 0 radical (unpaired) electrons. The monoisotopic (exact) mass is 253 g/mol. The van der Waals surface area contributed by atoms with Crippen molar-refractivity contribution in [3.8, 4) is 5.75 Å². The Labute approximate surface area is 113 Å². The molecule has 2 aromatic rings. The van der Waals surface area contributed by atoms with E-state index in [0.717, 1.165) is 18.2 Å². The first-order chi connectivity index (χ1) is 9.10. The van der Waals surface area contributed by atoms with Crippen LogP contribution in [0.3, 0.4) is 0 Å². The minimum atomic E-state index is -0.286. The van der Waals surface area contributed by atoms with Crippen LogP contribution in [0.2, 0.25) is 6.82 Å². The third kappa shape index (κ3) is 3.25. The number of halogens is 1. The van der Waals surface area contributed by atoms with Crippen molar-refractivity contribution >= 4 is 38.0 Å². The summed E-state index contributed by atoms with van der Waals surface area (Å²) < 4.78 is 12.8. The van der Waals surface area contributed by atoms with E-state index in [4.69, 9.17) is 0 Å². The second-order valence-electron chi connectivity index (χ2n) is 4.44. The van der Waals surface area contributed by atoms with Gasteiger partial charge in [-0.15, -0.1) is 0 Å². The maximum atomic E-state index is 12.8. The van der Waals surface area contributed by atoms with E-state index in [1.54, 1.807) is 18.3 Å². The standard InChI is InChI=1S/C14H14B2FNO/c1-16-10-6-9(14(19)13(15)7-10)8-18-12-4-2-11(17)3-5-12/h2-8,16,19H,15H2,1H3/b18-8+. The SMILES string of the molecule is Bc1cc(BC)cc(/C=N/c2ccc(F)cc2)c1O.